The van der Waals surface area contributed by atoms with E-state index in [1.165, 1.54) is 23.1 Å². The number of carbonyl (C=O) groups excluding carboxylic acids is 1. The SMILES string of the molecule is CS(=O)(=O)Nc1ccc(-c2csc(NC(=O)CSCc3cccnc3)n2)cc1. The summed E-state index contributed by atoms with van der Waals surface area (Å²) >= 11 is 2.85. The third-order valence-electron chi connectivity index (χ3n) is 3.46. The van der Waals surface area contributed by atoms with Crippen LogP contribution >= 0.6 is 23.1 Å². The smallest absolute Gasteiger partial charge is 0.236 e. The van der Waals surface area contributed by atoms with Gasteiger partial charge in [0.05, 0.1) is 17.7 Å². The van der Waals surface area contributed by atoms with Crippen molar-refractivity contribution >= 4 is 49.8 Å². The highest BCUT2D eigenvalue weighted by molar-refractivity contribution is 7.99. The molecule has 0 atom stereocenters. The Balaban J connectivity index is 1.52. The van der Waals surface area contributed by atoms with Crippen molar-refractivity contribution in [3.63, 3.8) is 0 Å². The lowest BCUT2D eigenvalue weighted by Crippen LogP contribution is -2.14. The standard InChI is InChI=1S/C18H18N4O3S3/c1-28(24,25)22-15-6-4-14(5-7-15)16-11-27-18(20-16)21-17(23)12-26-10-13-3-2-8-19-9-13/h2-9,11,22H,10,12H2,1H3,(H,20,21,23). The molecule has 2 N–H and O–H groups in total. The lowest BCUT2D eigenvalue weighted by molar-refractivity contribution is -0.113. The molecule has 0 saturated heterocycles. The molecule has 28 heavy (non-hydrogen) atoms. The average molecular weight is 435 g/mol. The van der Waals surface area contributed by atoms with E-state index in [9.17, 15) is 13.2 Å². The first-order valence-corrected chi connectivity index (χ1v) is 12.1. The minimum Gasteiger partial charge on any atom is -0.301 e. The van der Waals surface area contributed by atoms with Crippen LogP contribution in [0.4, 0.5) is 10.8 Å². The fourth-order valence-corrected chi connectivity index (χ4v) is 4.35. The van der Waals surface area contributed by atoms with Crippen molar-refractivity contribution in [1.82, 2.24) is 9.97 Å². The molecule has 0 unspecified atom stereocenters. The number of nitrogens with zero attached hydrogens (tertiary/aromatic N) is 2. The summed E-state index contributed by atoms with van der Waals surface area (Å²) in [6, 6.07) is 10.7. The van der Waals surface area contributed by atoms with Crippen molar-refractivity contribution in [3.8, 4) is 11.3 Å². The number of rotatable bonds is 8. The number of hydrogen-bond acceptors (Lipinski definition) is 7. The van der Waals surface area contributed by atoms with Gasteiger partial charge in [-0.3, -0.25) is 14.5 Å². The second-order valence-corrected chi connectivity index (χ2v) is 9.48. The number of pyridine rings is 1. The Kier molecular flexibility index (Phi) is 6.65. The summed E-state index contributed by atoms with van der Waals surface area (Å²) in [5, 5.41) is 5.17. The highest BCUT2D eigenvalue weighted by Crippen LogP contribution is 2.26. The van der Waals surface area contributed by atoms with Crippen LogP contribution in [-0.4, -0.2) is 36.3 Å². The largest absolute Gasteiger partial charge is 0.301 e. The van der Waals surface area contributed by atoms with Crippen molar-refractivity contribution < 1.29 is 13.2 Å². The van der Waals surface area contributed by atoms with Crippen LogP contribution < -0.4 is 10.0 Å². The monoisotopic (exact) mass is 434 g/mol. The highest BCUT2D eigenvalue weighted by atomic mass is 32.2. The third kappa shape index (κ3) is 6.32. The summed E-state index contributed by atoms with van der Waals surface area (Å²) < 4.78 is 24.9. The summed E-state index contributed by atoms with van der Waals surface area (Å²) in [7, 11) is -3.31. The number of nitrogens with one attached hydrogen (secondary N) is 2. The number of carbonyl (C=O) groups is 1. The molecule has 2 aromatic heterocycles. The molecule has 3 rings (SSSR count). The molecule has 0 aliphatic rings. The van der Waals surface area contributed by atoms with Crippen LogP contribution in [0.3, 0.4) is 0 Å². The van der Waals surface area contributed by atoms with Gasteiger partial charge in [-0.25, -0.2) is 13.4 Å². The lowest BCUT2D eigenvalue weighted by Gasteiger charge is -2.04. The maximum Gasteiger partial charge on any atom is 0.236 e. The van der Waals surface area contributed by atoms with E-state index < -0.39 is 10.0 Å². The fraction of sp³-hybridized carbons (Fsp3) is 0.167. The normalized spacial score (nSPS) is 11.2. The van der Waals surface area contributed by atoms with Gasteiger partial charge < -0.3 is 5.32 Å². The van der Waals surface area contributed by atoms with E-state index >= 15 is 0 Å². The molecular formula is C18H18N4O3S3. The number of hydrogen-bond donors (Lipinski definition) is 2. The Morgan fingerprint density at radius 1 is 1.21 bits per heavy atom. The van der Waals surface area contributed by atoms with Crippen LogP contribution in [0.15, 0.2) is 54.2 Å². The number of anilines is 2. The Morgan fingerprint density at radius 3 is 2.68 bits per heavy atom. The van der Waals surface area contributed by atoms with Crippen molar-refractivity contribution in [3.05, 3.63) is 59.7 Å². The zero-order chi connectivity index (χ0) is 20.0. The quantitative estimate of drug-likeness (QED) is 0.563. The van der Waals surface area contributed by atoms with Gasteiger partial charge in [-0.1, -0.05) is 18.2 Å². The van der Waals surface area contributed by atoms with E-state index in [-0.39, 0.29) is 5.91 Å². The van der Waals surface area contributed by atoms with Crippen LogP contribution in [0.25, 0.3) is 11.3 Å². The second-order valence-electron chi connectivity index (χ2n) is 5.89. The van der Waals surface area contributed by atoms with Crippen LogP contribution in [0.5, 0.6) is 0 Å². The molecule has 0 fully saturated rings. The molecule has 7 nitrogen and oxygen atoms in total. The molecule has 10 heteroatoms. The van der Waals surface area contributed by atoms with Gasteiger partial charge >= 0.3 is 0 Å². The predicted octanol–water partition coefficient (Wildman–Crippen LogP) is 3.45. The van der Waals surface area contributed by atoms with Gasteiger partial charge in [0.1, 0.15) is 0 Å². The van der Waals surface area contributed by atoms with Gasteiger partial charge in [-0.2, -0.15) is 0 Å². The Bertz CT molecular complexity index is 1040. The van der Waals surface area contributed by atoms with Crippen LogP contribution in [0.2, 0.25) is 0 Å². The summed E-state index contributed by atoms with van der Waals surface area (Å²) in [4.78, 5) is 20.5. The van der Waals surface area contributed by atoms with Crippen molar-refractivity contribution in [2.45, 2.75) is 5.75 Å². The van der Waals surface area contributed by atoms with Crippen molar-refractivity contribution in [1.29, 1.82) is 0 Å². The molecule has 0 bridgehead atoms. The highest BCUT2D eigenvalue weighted by Gasteiger charge is 2.09. The zero-order valence-electron chi connectivity index (χ0n) is 15.0. The maximum absolute atomic E-state index is 12.1. The molecule has 0 aliphatic carbocycles. The number of thioether (sulfide) groups is 1. The van der Waals surface area contributed by atoms with Crippen LogP contribution in [0.1, 0.15) is 5.56 Å². The molecule has 2 heterocycles. The lowest BCUT2D eigenvalue weighted by atomic mass is 10.1. The van der Waals surface area contributed by atoms with Gasteiger partial charge in [0, 0.05) is 34.8 Å². The van der Waals surface area contributed by atoms with Crippen LogP contribution in [0, 0.1) is 0 Å². The summed E-state index contributed by atoms with van der Waals surface area (Å²) in [5.41, 5.74) is 3.11. The molecule has 0 aliphatic heterocycles. The number of amides is 1. The molecule has 146 valence electrons. The van der Waals surface area contributed by atoms with E-state index in [0.717, 1.165) is 23.1 Å². The second kappa shape index (κ2) is 9.18. The van der Waals surface area contributed by atoms with Gasteiger partial charge in [-0.15, -0.1) is 23.1 Å². The number of aromatic nitrogens is 2. The van der Waals surface area contributed by atoms with Crippen molar-refractivity contribution in [2.75, 3.05) is 22.0 Å². The Morgan fingerprint density at radius 2 is 2.00 bits per heavy atom. The first-order valence-electron chi connectivity index (χ1n) is 8.19. The van der Waals surface area contributed by atoms with E-state index in [1.807, 2.05) is 17.5 Å². The first kappa shape index (κ1) is 20.3. The Hall–Kier alpha value is -2.43. The molecule has 1 amide bonds. The van der Waals surface area contributed by atoms with Gasteiger partial charge in [0.2, 0.25) is 15.9 Å². The summed E-state index contributed by atoms with van der Waals surface area (Å²) in [6.07, 6.45) is 4.61. The summed E-state index contributed by atoms with van der Waals surface area (Å²) in [5.74, 6) is 0.941. The fourth-order valence-electron chi connectivity index (χ4n) is 2.29. The van der Waals surface area contributed by atoms with Crippen LogP contribution in [-0.2, 0) is 20.6 Å². The number of benzene rings is 1. The Labute approximate surface area is 171 Å². The number of thiazole rings is 1. The van der Waals surface area contributed by atoms with E-state index in [0.29, 0.717) is 22.3 Å². The molecule has 3 aromatic rings. The third-order valence-corrected chi connectivity index (χ3v) is 5.83. The maximum atomic E-state index is 12.1. The predicted molar refractivity (Wildman–Crippen MR) is 115 cm³/mol. The summed E-state index contributed by atoms with van der Waals surface area (Å²) in [6.45, 7) is 0. The first-order chi connectivity index (χ1) is 13.4. The zero-order valence-corrected chi connectivity index (χ0v) is 17.4. The minimum atomic E-state index is -3.31. The molecule has 0 radical (unpaired) electrons. The molecule has 0 saturated carbocycles. The average Bonchev–Trinajstić information content (AvgIpc) is 3.10. The molecular weight excluding hydrogens is 416 g/mol. The van der Waals surface area contributed by atoms with Gasteiger partial charge in [0.25, 0.3) is 0 Å². The van der Waals surface area contributed by atoms with E-state index in [1.54, 1.807) is 36.7 Å². The van der Waals surface area contributed by atoms with Gasteiger partial charge in [-0.05, 0) is 23.8 Å². The van der Waals surface area contributed by atoms with Gasteiger partial charge in [0.15, 0.2) is 5.13 Å². The molecule has 1 aromatic carbocycles. The van der Waals surface area contributed by atoms with Crippen molar-refractivity contribution in [2.24, 2.45) is 0 Å². The van der Waals surface area contributed by atoms with E-state index in [2.05, 4.69) is 20.0 Å². The topological polar surface area (TPSA) is 101 Å². The van der Waals surface area contributed by atoms with E-state index in [4.69, 9.17) is 0 Å². The number of sulfonamides is 1. The minimum absolute atomic E-state index is 0.109. The molecule has 0 spiro atoms.